The number of hydrogen-bond donors (Lipinski definition) is 2. The fourth-order valence-corrected chi connectivity index (χ4v) is 5.81. The van der Waals surface area contributed by atoms with Gasteiger partial charge in [-0.05, 0) is 89.7 Å². The number of aliphatic hydroxyl groups is 1. The van der Waals surface area contributed by atoms with Gasteiger partial charge in [-0.1, -0.05) is 18.5 Å². The molecule has 9 nitrogen and oxygen atoms in total. The third-order valence-corrected chi connectivity index (χ3v) is 8.62. The van der Waals surface area contributed by atoms with Gasteiger partial charge in [-0.15, -0.1) is 0 Å². The maximum Gasteiger partial charge on any atom is 0.261 e. The highest BCUT2D eigenvalue weighted by Crippen LogP contribution is 2.29. The van der Waals surface area contributed by atoms with Crippen LogP contribution in [0.15, 0.2) is 47.4 Å². The lowest BCUT2D eigenvalue weighted by atomic mass is 10.0. The Morgan fingerprint density at radius 1 is 1.15 bits per heavy atom. The Balaban J connectivity index is 2.02. The molecule has 0 aromatic heterocycles. The first kappa shape index (κ1) is 32.1. The first-order chi connectivity index (χ1) is 18.9. The molecule has 2 aromatic carbocycles. The predicted octanol–water partition coefficient (Wildman–Crippen LogP) is 4.50. The van der Waals surface area contributed by atoms with E-state index in [0.717, 1.165) is 19.3 Å². The van der Waals surface area contributed by atoms with Crippen molar-refractivity contribution in [2.45, 2.75) is 63.2 Å². The molecule has 2 N–H and O–H groups in total. The van der Waals surface area contributed by atoms with E-state index in [9.17, 15) is 18.3 Å². The van der Waals surface area contributed by atoms with Crippen molar-refractivity contribution in [3.63, 3.8) is 0 Å². The Bertz CT molecular complexity index is 1220. The number of fused-ring (bicyclic) bond motifs is 1. The van der Waals surface area contributed by atoms with Crippen LogP contribution in [-0.4, -0.2) is 87.9 Å². The van der Waals surface area contributed by atoms with Crippen molar-refractivity contribution in [1.82, 2.24) is 9.80 Å². The summed E-state index contributed by atoms with van der Waals surface area (Å²) in [5.41, 5.74) is 0.440. The van der Waals surface area contributed by atoms with Gasteiger partial charge in [-0.2, -0.15) is 0 Å². The second kappa shape index (κ2) is 14.5. The van der Waals surface area contributed by atoms with Crippen LogP contribution >= 0.6 is 11.6 Å². The van der Waals surface area contributed by atoms with E-state index in [2.05, 4.69) is 9.62 Å². The number of rotatable bonds is 7. The number of carbonyl (C=O) groups excluding carboxylic acids is 1. The summed E-state index contributed by atoms with van der Waals surface area (Å²) in [5.74, 6) is -0.0186. The van der Waals surface area contributed by atoms with Gasteiger partial charge in [0.15, 0.2) is 0 Å². The quantitative estimate of drug-likeness (QED) is 0.485. The maximum absolute atomic E-state index is 14.1. The molecule has 0 saturated heterocycles. The molecule has 0 radical (unpaired) electrons. The topological polar surface area (TPSA) is 108 Å². The third kappa shape index (κ3) is 8.81. The van der Waals surface area contributed by atoms with E-state index in [0.29, 0.717) is 30.5 Å². The molecule has 2 aromatic rings. The first-order valence-corrected chi connectivity index (χ1v) is 15.5. The van der Waals surface area contributed by atoms with E-state index in [1.165, 1.54) is 30.3 Å². The number of ether oxygens (including phenoxy) is 2. The van der Waals surface area contributed by atoms with Crippen LogP contribution in [0.4, 0.5) is 5.69 Å². The van der Waals surface area contributed by atoms with Gasteiger partial charge in [0.1, 0.15) is 5.75 Å². The molecule has 1 heterocycles. The molecule has 0 fully saturated rings. The van der Waals surface area contributed by atoms with Gasteiger partial charge >= 0.3 is 0 Å². The Kier molecular flexibility index (Phi) is 11.7. The molecule has 222 valence electrons. The molecule has 0 saturated carbocycles. The van der Waals surface area contributed by atoms with Gasteiger partial charge in [0.25, 0.3) is 15.9 Å². The molecular formula is C29H42ClN3O6S. The minimum absolute atomic E-state index is 0.0295. The van der Waals surface area contributed by atoms with E-state index in [4.69, 9.17) is 21.1 Å². The lowest BCUT2D eigenvalue weighted by Crippen LogP contribution is -2.47. The lowest BCUT2D eigenvalue weighted by Gasteiger charge is -2.35. The van der Waals surface area contributed by atoms with Gasteiger partial charge < -0.3 is 24.4 Å². The highest BCUT2D eigenvalue weighted by atomic mass is 35.5. The zero-order valence-corrected chi connectivity index (χ0v) is 25.5. The minimum Gasteiger partial charge on any atom is -0.490 e. The summed E-state index contributed by atoms with van der Waals surface area (Å²) < 4.78 is 41.1. The van der Waals surface area contributed by atoms with Crippen LogP contribution in [-0.2, 0) is 14.8 Å². The Labute approximate surface area is 243 Å². The number of anilines is 1. The van der Waals surface area contributed by atoms with Crippen LogP contribution < -0.4 is 9.46 Å². The summed E-state index contributed by atoms with van der Waals surface area (Å²) in [5, 5.41) is 10.5. The maximum atomic E-state index is 14.1. The Morgan fingerprint density at radius 3 is 2.50 bits per heavy atom. The normalized spacial score (nSPS) is 22.2. The largest absolute Gasteiger partial charge is 0.490 e. The molecule has 1 aliphatic rings. The number of likely N-dealkylation sites (N-methyl/N-ethyl adjacent to an activating group) is 1. The SMILES string of the molecule is C[C@@H]1CCCCO[C@@H](CN(C)C)[C@H](C)CN([C@@H](C)CO)C(=O)c2cc(NS(=O)(=O)c3ccc(Cl)cc3)ccc2O1. The third-order valence-electron chi connectivity index (χ3n) is 6.97. The number of benzene rings is 2. The van der Waals surface area contributed by atoms with Crippen molar-refractivity contribution < 1.29 is 27.8 Å². The summed E-state index contributed by atoms with van der Waals surface area (Å²) in [6.07, 6.45) is 2.28. The van der Waals surface area contributed by atoms with E-state index >= 15 is 0 Å². The second-order valence-corrected chi connectivity index (χ2v) is 13.0. The fraction of sp³-hybridized carbons (Fsp3) is 0.552. The van der Waals surface area contributed by atoms with Crippen molar-refractivity contribution in [3.05, 3.63) is 53.1 Å². The number of nitrogens with zero attached hydrogens (tertiary/aromatic N) is 2. The Hall–Kier alpha value is -2.37. The van der Waals surface area contributed by atoms with Crippen LogP contribution in [0.2, 0.25) is 5.02 Å². The fourth-order valence-electron chi connectivity index (χ4n) is 4.64. The lowest BCUT2D eigenvalue weighted by molar-refractivity contribution is -0.0137. The summed E-state index contributed by atoms with van der Waals surface area (Å²) in [6.45, 7) is 7.20. The second-order valence-electron chi connectivity index (χ2n) is 10.8. The molecule has 0 unspecified atom stereocenters. The molecule has 11 heteroatoms. The molecule has 4 atom stereocenters. The average molecular weight is 596 g/mol. The van der Waals surface area contributed by atoms with Gasteiger partial charge in [0.2, 0.25) is 0 Å². The number of aliphatic hydroxyl groups excluding tert-OH is 1. The average Bonchev–Trinajstić information content (AvgIpc) is 2.90. The number of amides is 1. The molecule has 3 rings (SSSR count). The van der Waals surface area contributed by atoms with Crippen LogP contribution in [0.25, 0.3) is 0 Å². The number of carbonyl (C=O) groups is 1. The summed E-state index contributed by atoms with van der Waals surface area (Å²) >= 11 is 5.92. The van der Waals surface area contributed by atoms with E-state index in [1.54, 1.807) is 24.0 Å². The smallest absolute Gasteiger partial charge is 0.261 e. The van der Waals surface area contributed by atoms with Gasteiger partial charge in [0.05, 0.1) is 35.3 Å². The van der Waals surface area contributed by atoms with Crippen molar-refractivity contribution in [3.8, 4) is 5.75 Å². The molecule has 1 aliphatic heterocycles. The van der Waals surface area contributed by atoms with Crippen LogP contribution in [0, 0.1) is 5.92 Å². The predicted molar refractivity (Wildman–Crippen MR) is 158 cm³/mol. The minimum atomic E-state index is -3.93. The molecule has 0 bridgehead atoms. The highest BCUT2D eigenvalue weighted by Gasteiger charge is 2.30. The van der Waals surface area contributed by atoms with Crippen molar-refractivity contribution in [1.29, 1.82) is 0 Å². The van der Waals surface area contributed by atoms with Crippen LogP contribution in [0.1, 0.15) is 50.4 Å². The van der Waals surface area contributed by atoms with Gasteiger partial charge in [-0.25, -0.2) is 8.42 Å². The molecule has 0 spiro atoms. The summed E-state index contributed by atoms with van der Waals surface area (Å²) in [4.78, 5) is 17.8. The number of sulfonamides is 1. The van der Waals surface area contributed by atoms with Crippen LogP contribution in [0.5, 0.6) is 5.75 Å². The zero-order chi connectivity index (χ0) is 29.4. The number of nitrogens with one attached hydrogen (secondary N) is 1. The van der Waals surface area contributed by atoms with E-state index < -0.39 is 16.1 Å². The molecule has 0 aliphatic carbocycles. The summed E-state index contributed by atoms with van der Waals surface area (Å²) in [6, 6.07) is 10.1. The zero-order valence-electron chi connectivity index (χ0n) is 24.0. The van der Waals surface area contributed by atoms with Crippen molar-refractivity contribution in [2.75, 3.05) is 45.1 Å². The summed E-state index contributed by atoms with van der Waals surface area (Å²) in [7, 11) is 0.0459. The van der Waals surface area contributed by atoms with Gasteiger partial charge in [0, 0.05) is 36.3 Å². The number of halogens is 1. The number of hydrogen-bond acceptors (Lipinski definition) is 7. The van der Waals surface area contributed by atoms with Crippen LogP contribution in [0.3, 0.4) is 0 Å². The van der Waals surface area contributed by atoms with Crippen molar-refractivity contribution >= 4 is 33.2 Å². The molecule has 1 amide bonds. The molecular weight excluding hydrogens is 554 g/mol. The van der Waals surface area contributed by atoms with Gasteiger partial charge in [-0.3, -0.25) is 9.52 Å². The van der Waals surface area contributed by atoms with E-state index in [1.807, 2.05) is 27.9 Å². The van der Waals surface area contributed by atoms with E-state index in [-0.39, 0.29) is 46.8 Å². The molecule has 40 heavy (non-hydrogen) atoms. The highest BCUT2D eigenvalue weighted by molar-refractivity contribution is 7.92. The first-order valence-electron chi connectivity index (χ1n) is 13.7. The standard InChI is InChI=1S/C29H42ClN3O6S/c1-20-17-33(21(2)19-34)29(35)26-16-24(31-40(36,37)25-12-9-23(30)10-13-25)11-14-27(26)39-22(3)8-6-7-15-38-28(20)18-32(4)5/h9-14,16,20-22,28,31,34H,6-8,15,17-19H2,1-5H3/t20-,21+,22-,28+/m1/s1. The Morgan fingerprint density at radius 2 is 1.85 bits per heavy atom. The van der Waals surface area contributed by atoms with Crippen molar-refractivity contribution in [2.24, 2.45) is 5.92 Å². The monoisotopic (exact) mass is 595 g/mol.